The van der Waals surface area contributed by atoms with Gasteiger partial charge in [-0.2, -0.15) is 0 Å². The first-order valence-electron chi connectivity index (χ1n) is 7.14. The van der Waals surface area contributed by atoms with Crippen LogP contribution in [0.5, 0.6) is 0 Å². The maximum atomic E-state index is 8.12. The SMILES string of the molecule is CCN(CC)c1ccc2cc(-c3cccs3)c(=N)oc2c1. The average Bonchev–Trinajstić information content (AvgIpc) is 3.01. The third-order valence-corrected chi connectivity index (χ3v) is 4.57. The summed E-state index contributed by atoms with van der Waals surface area (Å²) in [7, 11) is 0. The van der Waals surface area contributed by atoms with Gasteiger partial charge in [-0.15, -0.1) is 11.3 Å². The van der Waals surface area contributed by atoms with Crippen LogP contribution in [-0.4, -0.2) is 13.1 Å². The lowest BCUT2D eigenvalue weighted by Crippen LogP contribution is -2.21. The highest BCUT2D eigenvalue weighted by molar-refractivity contribution is 7.13. The van der Waals surface area contributed by atoms with Gasteiger partial charge in [0.15, 0.2) is 0 Å². The zero-order valence-electron chi connectivity index (χ0n) is 12.2. The fourth-order valence-corrected chi connectivity index (χ4v) is 3.26. The van der Waals surface area contributed by atoms with Crippen molar-refractivity contribution in [2.24, 2.45) is 0 Å². The van der Waals surface area contributed by atoms with E-state index in [0.717, 1.165) is 40.2 Å². The molecule has 0 fully saturated rings. The number of benzene rings is 1. The molecule has 21 heavy (non-hydrogen) atoms. The van der Waals surface area contributed by atoms with E-state index in [-0.39, 0.29) is 5.55 Å². The van der Waals surface area contributed by atoms with Crippen LogP contribution in [-0.2, 0) is 0 Å². The van der Waals surface area contributed by atoms with Crippen molar-refractivity contribution in [2.75, 3.05) is 18.0 Å². The Hall–Kier alpha value is -2.07. The lowest BCUT2D eigenvalue weighted by atomic mass is 10.1. The molecule has 0 atom stereocenters. The van der Waals surface area contributed by atoms with Gasteiger partial charge in [-0.1, -0.05) is 6.07 Å². The van der Waals surface area contributed by atoms with E-state index in [1.54, 1.807) is 11.3 Å². The predicted octanol–water partition coefficient (Wildman–Crippen LogP) is 4.49. The molecule has 3 nitrogen and oxygen atoms in total. The first kappa shape index (κ1) is 13.9. The van der Waals surface area contributed by atoms with E-state index in [9.17, 15) is 0 Å². The Labute approximate surface area is 128 Å². The minimum absolute atomic E-state index is 0.224. The number of anilines is 1. The van der Waals surface area contributed by atoms with Crippen LogP contribution in [0.25, 0.3) is 21.4 Å². The van der Waals surface area contributed by atoms with Gasteiger partial charge in [0.2, 0.25) is 5.55 Å². The summed E-state index contributed by atoms with van der Waals surface area (Å²) < 4.78 is 5.74. The maximum absolute atomic E-state index is 8.12. The van der Waals surface area contributed by atoms with E-state index in [0.29, 0.717) is 0 Å². The molecule has 2 aromatic heterocycles. The normalized spacial score (nSPS) is 11.0. The standard InChI is InChI=1S/C17H18N2OS/c1-3-19(4-2)13-8-7-12-10-14(16-6-5-9-21-16)17(18)20-15(12)11-13/h5-11,18H,3-4H2,1-2H3. The van der Waals surface area contributed by atoms with E-state index < -0.39 is 0 Å². The summed E-state index contributed by atoms with van der Waals surface area (Å²) in [5.41, 5.74) is 2.99. The van der Waals surface area contributed by atoms with Crippen molar-refractivity contribution in [3.63, 3.8) is 0 Å². The first-order chi connectivity index (χ1) is 10.2. The minimum atomic E-state index is 0.224. The Bertz CT molecular complexity index is 801. The summed E-state index contributed by atoms with van der Waals surface area (Å²) in [5, 5.41) is 11.2. The number of hydrogen-bond donors (Lipinski definition) is 1. The summed E-state index contributed by atoms with van der Waals surface area (Å²) in [5.74, 6) is 0. The summed E-state index contributed by atoms with van der Waals surface area (Å²) in [4.78, 5) is 3.34. The summed E-state index contributed by atoms with van der Waals surface area (Å²) in [6, 6.07) is 12.3. The van der Waals surface area contributed by atoms with Crippen LogP contribution in [0.1, 0.15) is 13.8 Å². The molecular weight excluding hydrogens is 280 g/mol. The van der Waals surface area contributed by atoms with Crippen LogP contribution in [0.4, 0.5) is 5.69 Å². The Kier molecular flexibility index (Phi) is 3.80. The number of fused-ring (bicyclic) bond motifs is 1. The van der Waals surface area contributed by atoms with Crippen molar-refractivity contribution in [2.45, 2.75) is 13.8 Å². The molecule has 1 N–H and O–H groups in total. The van der Waals surface area contributed by atoms with Crippen LogP contribution < -0.4 is 10.5 Å². The van der Waals surface area contributed by atoms with Gasteiger partial charge >= 0.3 is 0 Å². The molecule has 0 aliphatic heterocycles. The summed E-state index contributed by atoms with van der Waals surface area (Å²) in [6.07, 6.45) is 0. The van der Waals surface area contributed by atoms with Crippen molar-refractivity contribution < 1.29 is 4.42 Å². The fraction of sp³-hybridized carbons (Fsp3) is 0.235. The molecule has 0 amide bonds. The molecule has 0 bridgehead atoms. The maximum Gasteiger partial charge on any atom is 0.220 e. The van der Waals surface area contributed by atoms with Crippen molar-refractivity contribution in [3.05, 3.63) is 47.3 Å². The van der Waals surface area contributed by atoms with Crippen LogP contribution in [0.2, 0.25) is 0 Å². The fourth-order valence-electron chi connectivity index (χ4n) is 2.52. The molecule has 0 radical (unpaired) electrons. The van der Waals surface area contributed by atoms with Gasteiger partial charge in [0, 0.05) is 35.1 Å². The molecule has 0 aliphatic carbocycles. The quantitative estimate of drug-likeness (QED) is 0.771. The Morgan fingerprint density at radius 1 is 1.14 bits per heavy atom. The van der Waals surface area contributed by atoms with Crippen molar-refractivity contribution in [1.29, 1.82) is 5.41 Å². The van der Waals surface area contributed by atoms with Gasteiger partial charge in [-0.25, -0.2) is 0 Å². The number of thiophene rings is 1. The second-order valence-electron chi connectivity index (χ2n) is 4.86. The minimum Gasteiger partial charge on any atom is -0.438 e. The first-order valence-corrected chi connectivity index (χ1v) is 8.02. The lowest BCUT2D eigenvalue weighted by Gasteiger charge is -2.21. The van der Waals surface area contributed by atoms with Gasteiger partial charge < -0.3 is 9.32 Å². The number of hydrogen-bond acceptors (Lipinski definition) is 4. The lowest BCUT2D eigenvalue weighted by molar-refractivity contribution is 0.536. The van der Waals surface area contributed by atoms with Gasteiger partial charge in [0.25, 0.3) is 0 Å². The highest BCUT2D eigenvalue weighted by atomic mass is 32.1. The molecule has 0 spiro atoms. The zero-order chi connectivity index (χ0) is 14.8. The molecule has 0 saturated carbocycles. The second kappa shape index (κ2) is 5.74. The summed E-state index contributed by atoms with van der Waals surface area (Å²) in [6.45, 7) is 6.20. The van der Waals surface area contributed by atoms with Gasteiger partial charge in [-0.05, 0) is 43.5 Å². The summed E-state index contributed by atoms with van der Waals surface area (Å²) >= 11 is 1.63. The van der Waals surface area contributed by atoms with Crippen LogP contribution in [0.15, 0.2) is 46.2 Å². The second-order valence-corrected chi connectivity index (χ2v) is 5.81. The largest absolute Gasteiger partial charge is 0.438 e. The third kappa shape index (κ3) is 2.59. The zero-order valence-corrected chi connectivity index (χ0v) is 13.0. The highest BCUT2D eigenvalue weighted by Crippen LogP contribution is 2.27. The Morgan fingerprint density at radius 2 is 1.95 bits per heavy atom. The van der Waals surface area contributed by atoms with Gasteiger partial charge in [0.1, 0.15) is 5.58 Å². The molecule has 3 aromatic rings. The Balaban J connectivity index is 2.13. The van der Waals surface area contributed by atoms with Crippen molar-refractivity contribution >= 4 is 28.0 Å². The molecule has 0 saturated heterocycles. The highest BCUT2D eigenvalue weighted by Gasteiger charge is 2.08. The molecule has 0 unspecified atom stereocenters. The monoisotopic (exact) mass is 298 g/mol. The van der Waals surface area contributed by atoms with Crippen LogP contribution >= 0.6 is 11.3 Å². The molecule has 0 aliphatic rings. The predicted molar refractivity (Wildman–Crippen MR) is 88.9 cm³/mol. The molecular formula is C17H18N2OS. The van der Waals surface area contributed by atoms with Gasteiger partial charge in [0.05, 0.1) is 5.56 Å². The van der Waals surface area contributed by atoms with E-state index in [1.807, 2.05) is 29.6 Å². The van der Waals surface area contributed by atoms with Crippen LogP contribution in [0.3, 0.4) is 0 Å². The molecule has 1 aromatic carbocycles. The molecule has 108 valence electrons. The Morgan fingerprint density at radius 3 is 2.62 bits per heavy atom. The van der Waals surface area contributed by atoms with E-state index in [4.69, 9.17) is 9.83 Å². The molecule has 4 heteroatoms. The molecule has 2 heterocycles. The van der Waals surface area contributed by atoms with Gasteiger partial charge in [-0.3, -0.25) is 5.41 Å². The third-order valence-electron chi connectivity index (χ3n) is 3.67. The smallest absolute Gasteiger partial charge is 0.220 e. The van der Waals surface area contributed by atoms with E-state index >= 15 is 0 Å². The van der Waals surface area contributed by atoms with Crippen molar-refractivity contribution in [1.82, 2.24) is 0 Å². The number of nitrogens with one attached hydrogen (secondary N) is 1. The topological polar surface area (TPSA) is 40.2 Å². The average molecular weight is 298 g/mol. The molecule has 3 rings (SSSR count). The van der Waals surface area contributed by atoms with Crippen molar-refractivity contribution in [3.8, 4) is 10.4 Å². The van der Waals surface area contributed by atoms with Crippen LogP contribution in [0, 0.1) is 5.41 Å². The van der Waals surface area contributed by atoms with E-state index in [1.165, 1.54) is 0 Å². The number of nitrogens with zero attached hydrogens (tertiary/aromatic N) is 1. The van der Waals surface area contributed by atoms with E-state index in [2.05, 4.69) is 30.9 Å². The number of rotatable bonds is 4.